The van der Waals surface area contributed by atoms with E-state index in [2.05, 4.69) is 15.2 Å². The Morgan fingerprint density at radius 1 is 1.23 bits per heavy atom. The molecule has 0 saturated carbocycles. The van der Waals surface area contributed by atoms with Gasteiger partial charge in [0.25, 0.3) is 5.56 Å². The van der Waals surface area contributed by atoms with Crippen molar-refractivity contribution in [2.24, 2.45) is 0 Å². The molecule has 0 unspecified atom stereocenters. The molecule has 1 heterocycles. The fourth-order valence-corrected chi connectivity index (χ4v) is 1.90. The lowest BCUT2D eigenvalue weighted by Gasteiger charge is -2.15. The Morgan fingerprint density at radius 3 is 2.36 bits per heavy atom. The minimum absolute atomic E-state index is 0.0538. The lowest BCUT2D eigenvalue weighted by Crippen LogP contribution is -2.28. The maximum absolute atomic E-state index is 12.1. The third-order valence-corrected chi connectivity index (χ3v) is 3.04. The molecule has 22 heavy (non-hydrogen) atoms. The van der Waals surface area contributed by atoms with Crippen LogP contribution in [0.4, 0.5) is 0 Å². The number of nitrogens with zero attached hydrogens (tertiary/aromatic N) is 3. The number of nitriles is 1. The molecule has 0 fully saturated rings. The zero-order valence-electron chi connectivity index (χ0n) is 12.6. The molecular formula is C16H16N4O2. The van der Waals surface area contributed by atoms with E-state index in [0.29, 0.717) is 5.56 Å². The smallest absolute Gasteiger partial charge is 0.273 e. The summed E-state index contributed by atoms with van der Waals surface area (Å²) in [6.07, 6.45) is 0. The standard InChI is InChI=1S/C16H16N4O2/c1-16(2,3)13-15(22)18-14(20-19-13)11(9-17)12(21)10-7-5-4-6-8-10/h4-8,21H,1-3H3,(H,18,20,22)/b12-11-. The molecule has 0 aliphatic heterocycles. The van der Waals surface area contributed by atoms with Crippen LogP contribution in [0.5, 0.6) is 0 Å². The van der Waals surface area contributed by atoms with Crippen molar-refractivity contribution in [3.05, 3.63) is 57.8 Å². The average Bonchev–Trinajstić information content (AvgIpc) is 2.47. The van der Waals surface area contributed by atoms with Gasteiger partial charge in [0.05, 0.1) is 0 Å². The predicted octanol–water partition coefficient (Wildman–Crippen LogP) is 2.41. The zero-order valence-corrected chi connectivity index (χ0v) is 12.6. The van der Waals surface area contributed by atoms with Crippen molar-refractivity contribution in [2.75, 3.05) is 0 Å². The van der Waals surface area contributed by atoms with Crippen molar-refractivity contribution >= 4 is 11.3 Å². The third-order valence-electron chi connectivity index (χ3n) is 3.04. The largest absolute Gasteiger partial charge is 0.506 e. The van der Waals surface area contributed by atoms with E-state index in [1.807, 2.05) is 26.8 Å². The maximum Gasteiger partial charge on any atom is 0.273 e. The summed E-state index contributed by atoms with van der Waals surface area (Å²) in [5.41, 5.74) is -0.284. The molecule has 0 bridgehead atoms. The molecule has 0 saturated heterocycles. The molecule has 2 N–H and O–H groups in total. The summed E-state index contributed by atoms with van der Waals surface area (Å²) < 4.78 is 0. The number of hydrogen-bond donors (Lipinski definition) is 2. The molecule has 0 aliphatic rings. The van der Waals surface area contributed by atoms with E-state index in [1.54, 1.807) is 30.3 Å². The topological polar surface area (TPSA) is 103 Å². The Labute approximate surface area is 127 Å². The van der Waals surface area contributed by atoms with Crippen molar-refractivity contribution in [1.82, 2.24) is 15.2 Å². The van der Waals surface area contributed by atoms with Crippen LogP contribution in [0.25, 0.3) is 11.3 Å². The van der Waals surface area contributed by atoms with Crippen LogP contribution in [-0.2, 0) is 5.41 Å². The summed E-state index contributed by atoms with van der Waals surface area (Å²) in [7, 11) is 0. The normalized spacial score (nSPS) is 12.5. The molecule has 0 spiro atoms. The second-order valence-electron chi connectivity index (χ2n) is 5.80. The van der Waals surface area contributed by atoms with E-state index in [1.165, 1.54) is 0 Å². The van der Waals surface area contributed by atoms with Crippen LogP contribution < -0.4 is 5.56 Å². The number of aliphatic hydroxyl groups excluding tert-OH is 1. The Balaban J connectivity index is 2.57. The highest BCUT2D eigenvalue weighted by atomic mass is 16.3. The first-order chi connectivity index (χ1) is 10.3. The van der Waals surface area contributed by atoms with Crippen LogP contribution in [0.15, 0.2) is 35.1 Å². The van der Waals surface area contributed by atoms with E-state index in [-0.39, 0.29) is 22.9 Å². The van der Waals surface area contributed by atoms with Gasteiger partial charge in [-0.25, -0.2) is 0 Å². The first kappa shape index (κ1) is 15.4. The lowest BCUT2D eigenvalue weighted by molar-refractivity contribution is 0.513. The Kier molecular flexibility index (Phi) is 4.08. The lowest BCUT2D eigenvalue weighted by atomic mass is 9.93. The number of rotatable bonds is 2. The van der Waals surface area contributed by atoms with Gasteiger partial charge >= 0.3 is 0 Å². The van der Waals surface area contributed by atoms with E-state index >= 15 is 0 Å². The predicted molar refractivity (Wildman–Crippen MR) is 82.9 cm³/mol. The monoisotopic (exact) mass is 296 g/mol. The summed E-state index contributed by atoms with van der Waals surface area (Å²) in [5, 5.41) is 27.3. The number of benzene rings is 1. The minimum Gasteiger partial charge on any atom is -0.506 e. The van der Waals surface area contributed by atoms with E-state index in [0.717, 1.165) is 0 Å². The molecule has 2 aromatic rings. The number of aliphatic hydroxyl groups is 1. The van der Waals surface area contributed by atoms with Gasteiger partial charge in [0.15, 0.2) is 5.82 Å². The van der Waals surface area contributed by atoms with Gasteiger partial charge in [0.2, 0.25) is 0 Å². The summed E-state index contributed by atoms with van der Waals surface area (Å²) in [4.78, 5) is 14.6. The highest BCUT2D eigenvalue weighted by Crippen LogP contribution is 2.21. The van der Waals surface area contributed by atoms with Crippen molar-refractivity contribution in [3.63, 3.8) is 0 Å². The quantitative estimate of drug-likeness (QED) is 0.654. The van der Waals surface area contributed by atoms with Crippen molar-refractivity contribution < 1.29 is 5.11 Å². The van der Waals surface area contributed by atoms with E-state index < -0.39 is 11.0 Å². The summed E-state index contributed by atoms with van der Waals surface area (Å²) in [5.74, 6) is -0.307. The van der Waals surface area contributed by atoms with Crippen LogP contribution >= 0.6 is 0 Å². The molecule has 0 amide bonds. The number of nitrogens with one attached hydrogen (secondary N) is 1. The van der Waals surface area contributed by atoms with Gasteiger partial charge in [0, 0.05) is 11.0 Å². The summed E-state index contributed by atoms with van der Waals surface area (Å²) >= 11 is 0. The van der Waals surface area contributed by atoms with Gasteiger partial charge in [-0.1, -0.05) is 51.1 Å². The molecule has 6 nitrogen and oxygen atoms in total. The van der Waals surface area contributed by atoms with Crippen LogP contribution in [0.3, 0.4) is 0 Å². The van der Waals surface area contributed by atoms with Gasteiger partial charge in [-0.15, -0.1) is 10.2 Å². The average molecular weight is 296 g/mol. The second kappa shape index (κ2) is 5.82. The number of aromatic amines is 1. The molecule has 1 aromatic heterocycles. The van der Waals surface area contributed by atoms with Gasteiger partial charge in [0.1, 0.15) is 23.1 Å². The molecule has 1 aromatic carbocycles. The van der Waals surface area contributed by atoms with Gasteiger partial charge in [-0.3, -0.25) is 4.79 Å². The van der Waals surface area contributed by atoms with Gasteiger partial charge in [-0.2, -0.15) is 5.26 Å². The fourth-order valence-electron chi connectivity index (χ4n) is 1.90. The molecular weight excluding hydrogens is 280 g/mol. The highest BCUT2D eigenvalue weighted by molar-refractivity contribution is 5.91. The van der Waals surface area contributed by atoms with Crippen molar-refractivity contribution in [2.45, 2.75) is 26.2 Å². The molecule has 6 heteroatoms. The van der Waals surface area contributed by atoms with E-state index in [4.69, 9.17) is 0 Å². The second-order valence-corrected chi connectivity index (χ2v) is 5.80. The molecule has 0 radical (unpaired) electrons. The van der Waals surface area contributed by atoms with Crippen LogP contribution in [0, 0.1) is 11.3 Å². The fraction of sp³-hybridized carbons (Fsp3) is 0.250. The van der Waals surface area contributed by atoms with Crippen LogP contribution in [0.1, 0.15) is 37.9 Å². The molecule has 112 valence electrons. The van der Waals surface area contributed by atoms with E-state index in [9.17, 15) is 15.2 Å². The summed E-state index contributed by atoms with van der Waals surface area (Å²) in [6.45, 7) is 5.53. The third kappa shape index (κ3) is 3.04. The molecule has 0 aliphatic carbocycles. The highest BCUT2D eigenvalue weighted by Gasteiger charge is 2.22. The number of allylic oxidation sites excluding steroid dienone is 1. The summed E-state index contributed by atoms with van der Waals surface area (Å²) in [6, 6.07) is 10.4. The molecule has 2 rings (SSSR count). The van der Waals surface area contributed by atoms with Gasteiger partial charge < -0.3 is 10.1 Å². The molecule has 0 atom stereocenters. The number of H-pyrrole nitrogens is 1. The maximum atomic E-state index is 12.1. The zero-order chi connectivity index (χ0) is 16.3. The minimum atomic E-state index is -0.461. The number of aromatic nitrogens is 3. The Morgan fingerprint density at radius 2 is 1.86 bits per heavy atom. The van der Waals surface area contributed by atoms with Crippen LogP contribution in [0.2, 0.25) is 0 Å². The SMILES string of the molecule is CC(C)(C)c1nnc(/C(C#N)=C(\O)c2ccccc2)[nH]c1=O. The van der Waals surface area contributed by atoms with Crippen LogP contribution in [-0.4, -0.2) is 20.3 Å². The van der Waals surface area contributed by atoms with Gasteiger partial charge in [-0.05, 0) is 0 Å². The Hall–Kier alpha value is -2.94. The Bertz CT molecular complexity index is 809. The van der Waals surface area contributed by atoms with Crippen molar-refractivity contribution in [3.8, 4) is 6.07 Å². The first-order valence-corrected chi connectivity index (χ1v) is 6.71. The first-order valence-electron chi connectivity index (χ1n) is 6.71. The number of hydrogen-bond acceptors (Lipinski definition) is 5. The van der Waals surface area contributed by atoms with Crippen molar-refractivity contribution in [1.29, 1.82) is 5.26 Å².